The van der Waals surface area contributed by atoms with Crippen LogP contribution in [0.4, 0.5) is 19.4 Å². The highest BCUT2D eigenvalue weighted by Crippen LogP contribution is 2.59. The SMILES string of the molecule is NC(=O)N1CCN(c2ccc3c(=O)c(C(=O)NC45CC6CC(C4)C(C6)C5)cn(-c4ccc(F)cc4F)c3n2)CC1. The van der Waals surface area contributed by atoms with Crippen LogP contribution in [0.25, 0.3) is 16.7 Å². The molecule has 0 spiro atoms. The molecule has 3 amide bonds. The summed E-state index contributed by atoms with van der Waals surface area (Å²) in [6.07, 6.45) is 6.56. The molecule has 11 heteroatoms. The van der Waals surface area contributed by atoms with Crippen molar-refractivity contribution in [1.82, 2.24) is 19.8 Å². The lowest BCUT2D eigenvalue weighted by Gasteiger charge is -2.39. The maximum Gasteiger partial charge on any atom is 0.314 e. The maximum atomic E-state index is 15.1. The molecule has 2 unspecified atom stereocenters. The number of hydrogen-bond donors (Lipinski definition) is 2. The predicted octanol–water partition coefficient (Wildman–Crippen LogP) is 3.17. The quantitative estimate of drug-likeness (QED) is 0.520. The van der Waals surface area contributed by atoms with Crippen LogP contribution in [0.5, 0.6) is 0 Å². The number of primary amides is 1. The van der Waals surface area contributed by atoms with E-state index in [1.807, 2.05) is 4.90 Å². The Bertz CT molecular complexity index is 1600. The van der Waals surface area contributed by atoms with Gasteiger partial charge in [0.25, 0.3) is 5.91 Å². The van der Waals surface area contributed by atoms with Gasteiger partial charge in [-0.15, -0.1) is 0 Å². The molecule has 5 aliphatic rings. The Hall–Kier alpha value is -4.02. The van der Waals surface area contributed by atoms with Gasteiger partial charge in [0.05, 0.1) is 11.1 Å². The van der Waals surface area contributed by atoms with Crippen molar-refractivity contribution in [2.24, 2.45) is 23.5 Å². The topological polar surface area (TPSA) is 114 Å². The van der Waals surface area contributed by atoms with Gasteiger partial charge in [0.1, 0.15) is 23.0 Å². The van der Waals surface area contributed by atoms with Crippen LogP contribution < -0.4 is 21.4 Å². The first-order valence-corrected chi connectivity index (χ1v) is 13.8. The Balaban J connectivity index is 1.30. The molecule has 4 bridgehead atoms. The fourth-order valence-electron chi connectivity index (χ4n) is 7.82. The van der Waals surface area contributed by atoms with Crippen LogP contribution in [-0.4, -0.2) is 58.1 Å². The molecule has 1 aliphatic heterocycles. The number of carbonyl (C=O) groups excluding carboxylic acids is 2. The van der Waals surface area contributed by atoms with Crippen LogP contribution in [0.1, 0.15) is 42.5 Å². The highest BCUT2D eigenvalue weighted by molar-refractivity contribution is 5.98. The summed E-state index contributed by atoms with van der Waals surface area (Å²) < 4.78 is 30.2. The summed E-state index contributed by atoms with van der Waals surface area (Å²) in [5.74, 6) is 0.353. The van der Waals surface area contributed by atoms with Gasteiger partial charge in [-0.1, -0.05) is 0 Å². The molecular weight excluding hydrogens is 518 g/mol. The summed E-state index contributed by atoms with van der Waals surface area (Å²) >= 11 is 0. The van der Waals surface area contributed by atoms with Crippen LogP contribution in [0.15, 0.2) is 41.3 Å². The Morgan fingerprint density at radius 1 is 1.00 bits per heavy atom. The lowest BCUT2D eigenvalue weighted by molar-refractivity contribution is 0.0844. The first-order valence-electron chi connectivity index (χ1n) is 13.8. The number of fused-ring (bicyclic) bond motifs is 1. The van der Waals surface area contributed by atoms with E-state index in [4.69, 9.17) is 10.7 Å². The van der Waals surface area contributed by atoms with Gasteiger partial charge in [-0.05, 0) is 74.1 Å². The van der Waals surface area contributed by atoms with E-state index in [-0.39, 0.29) is 27.8 Å². The number of carbonyl (C=O) groups is 2. The molecule has 40 heavy (non-hydrogen) atoms. The zero-order chi connectivity index (χ0) is 27.8. The number of hydrogen-bond acceptors (Lipinski definition) is 5. The van der Waals surface area contributed by atoms with E-state index in [0.717, 1.165) is 31.4 Å². The lowest BCUT2D eigenvalue weighted by Crippen LogP contribution is -2.51. The Morgan fingerprint density at radius 3 is 2.38 bits per heavy atom. The molecule has 0 radical (unpaired) electrons. The number of rotatable bonds is 4. The highest BCUT2D eigenvalue weighted by Gasteiger charge is 2.56. The summed E-state index contributed by atoms with van der Waals surface area (Å²) in [7, 11) is 0. The number of pyridine rings is 2. The third-order valence-corrected chi connectivity index (χ3v) is 9.47. The third kappa shape index (κ3) is 4.01. The summed E-state index contributed by atoms with van der Waals surface area (Å²) in [4.78, 5) is 47.0. The van der Waals surface area contributed by atoms with Crippen LogP contribution in [-0.2, 0) is 0 Å². The number of piperazine rings is 1. The van der Waals surface area contributed by atoms with Gasteiger partial charge in [0, 0.05) is 44.0 Å². The fourth-order valence-corrected chi connectivity index (χ4v) is 7.82. The van der Waals surface area contributed by atoms with Crippen molar-refractivity contribution < 1.29 is 18.4 Å². The number of anilines is 1. The largest absolute Gasteiger partial charge is 0.353 e. The zero-order valence-electron chi connectivity index (χ0n) is 21.9. The average Bonchev–Trinajstić information content (AvgIpc) is 3.34. The molecule has 4 aliphatic carbocycles. The van der Waals surface area contributed by atoms with Crippen molar-refractivity contribution in [3.63, 3.8) is 0 Å². The molecule has 3 heterocycles. The Kier molecular flexibility index (Phi) is 5.62. The van der Waals surface area contributed by atoms with Gasteiger partial charge in [-0.3, -0.25) is 14.2 Å². The van der Waals surface area contributed by atoms with Gasteiger partial charge >= 0.3 is 6.03 Å². The van der Waals surface area contributed by atoms with Crippen LogP contribution in [0, 0.1) is 29.4 Å². The Morgan fingerprint density at radius 2 is 1.73 bits per heavy atom. The third-order valence-electron chi connectivity index (χ3n) is 9.47. The number of nitrogens with zero attached hydrogens (tertiary/aromatic N) is 4. The van der Waals surface area contributed by atoms with Crippen molar-refractivity contribution >= 4 is 28.8 Å². The number of amides is 3. The fraction of sp³-hybridized carbons (Fsp3) is 0.448. The van der Waals surface area contributed by atoms with Crippen molar-refractivity contribution in [2.75, 3.05) is 31.1 Å². The highest BCUT2D eigenvalue weighted by atomic mass is 19.1. The minimum absolute atomic E-state index is 0.0262. The van der Waals surface area contributed by atoms with Gasteiger partial charge in [0.15, 0.2) is 5.65 Å². The zero-order valence-corrected chi connectivity index (χ0v) is 21.9. The van der Waals surface area contributed by atoms with E-state index >= 15 is 4.39 Å². The molecule has 1 aromatic carbocycles. The van der Waals surface area contributed by atoms with E-state index < -0.39 is 29.0 Å². The normalized spacial score (nSPS) is 27.0. The number of nitrogens with two attached hydrogens (primary N) is 1. The van der Waals surface area contributed by atoms with Crippen molar-refractivity contribution in [3.8, 4) is 5.69 Å². The molecule has 9 nitrogen and oxygen atoms in total. The second-order valence-corrected chi connectivity index (χ2v) is 11.9. The van der Waals surface area contributed by atoms with E-state index in [0.29, 0.717) is 49.8 Å². The molecule has 3 N–H and O–H groups in total. The molecular formula is C29H30F2N6O3. The number of benzene rings is 1. The van der Waals surface area contributed by atoms with Crippen LogP contribution in [0.2, 0.25) is 0 Å². The van der Waals surface area contributed by atoms with E-state index in [9.17, 15) is 18.8 Å². The molecule has 4 saturated carbocycles. The lowest BCUT2D eigenvalue weighted by atomic mass is 9.75. The number of nitrogens with one attached hydrogen (secondary N) is 1. The van der Waals surface area contributed by atoms with Crippen LogP contribution >= 0.6 is 0 Å². The van der Waals surface area contributed by atoms with Crippen molar-refractivity contribution in [3.05, 3.63) is 63.9 Å². The first kappa shape index (κ1) is 25.0. The molecule has 2 atom stereocenters. The van der Waals surface area contributed by atoms with Crippen molar-refractivity contribution in [2.45, 2.75) is 37.6 Å². The number of halogens is 2. The summed E-state index contributed by atoms with van der Waals surface area (Å²) in [6, 6.07) is 5.94. The van der Waals surface area contributed by atoms with Crippen molar-refractivity contribution in [1.29, 1.82) is 0 Å². The second-order valence-electron chi connectivity index (χ2n) is 11.9. The molecule has 2 aromatic heterocycles. The molecule has 8 rings (SSSR count). The number of urea groups is 1. The second kappa shape index (κ2) is 9.00. The van der Waals surface area contributed by atoms with E-state index in [2.05, 4.69) is 5.32 Å². The van der Waals surface area contributed by atoms with E-state index in [1.165, 1.54) is 34.6 Å². The monoisotopic (exact) mass is 548 g/mol. The first-order chi connectivity index (χ1) is 19.2. The average molecular weight is 549 g/mol. The number of aromatic nitrogens is 2. The minimum atomic E-state index is -0.844. The van der Waals surface area contributed by atoms with Gasteiger partial charge in [-0.25, -0.2) is 18.6 Å². The smallest absolute Gasteiger partial charge is 0.314 e. The summed E-state index contributed by atoms with van der Waals surface area (Å²) in [6.45, 7) is 1.78. The minimum Gasteiger partial charge on any atom is -0.353 e. The standard InChI is InChI=1S/C29H30F2N6O3/c30-19-1-3-23(22(31)11-19)37-15-21(27(39)34-29-12-16-9-17(13-29)18(10-16)14-29)25(38)20-2-4-24(33-26(20)37)35-5-7-36(8-6-35)28(32)40/h1-4,11,15-18H,5-10,12-14H2,(H2,32,40)(H,34,39). The molecule has 1 saturated heterocycles. The van der Waals surface area contributed by atoms with Crippen LogP contribution in [0.3, 0.4) is 0 Å². The molecule has 3 aromatic rings. The Labute approximate surface area is 228 Å². The molecule has 208 valence electrons. The predicted molar refractivity (Wildman–Crippen MR) is 144 cm³/mol. The summed E-state index contributed by atoms with van der Waals surface area (Å²) in [5.41, 5.74) is 4.64. The van der Waals surface area contributed by atoms with E-state index in [1.54, 1.807) is 12.1 Å². The van der Waals surface area contributed by atoms with Gasteiger partial charge in [-0.2, -0.15) is 0 Å². The van der Waals surface area contributed by atoms with Gasteiger partial charge in [0.2, 0.25) is 5.43 Å². The summed E-state index contributed by atoms with van der Waals surface area (Å²) in [5, 5.41) is 3.36. The van der Waals surface area contributed by atoms with Gasteiger partial charge < -0.3 is 20.9 Å². The molecule has 5 fully saturated rings. The maximum absolute atomic E-state index is 15.1.